The molecular formula is C29H26Cl2N4O. The zero-order valence-electron chi connectivity index (χ0n) is 19.9. The van der Waals surface area contributed by atoms with Crippen molar-refractivity contribution in [1.29, 1.82) is 0 Å². The predicted octanol–water partition coefficient (Wildman–Crippen LogP) is 6.73. The highest BCUT2D eigenvalue weighted by molar-refractivity contribution is 6.30. The number of nitrogens with one attached hydrogen (secondary N) is 2. The monoisotopic (exact) mass is 516 g/mol. The molecule has 0 saturated carbocycles. The summed E-state index contributed by atoms with van der Waals surface area (Å²) in [4.78, 5) is 19.9. The quantitative estimate of drug-likeness (QED) is 0.298. The van der Waals surface area contributed by atoms with Gasteiger partial charge in [-0.15, -0.1) is 0 Å². The summed E-state index contributed by atoms with van der Waals surface area (Å²) in [5, 5.41) is 7.79. The van der Waals surface area contributed by atoms with Crippen LogP contribution in [0.4, 0.5) is 11.5 Å². The molecule has 1 aliphatic rings. The highest BCUT2D eigenvalue weighted by atomic mass is 35.5. The lowest BCUT2D eigenvalue weighted by atomic mass is 10.0. The summed E-state index contributed by atoms with van der Waals surface area (Å²) < 4.78 is 0. The first-order chi connectivity index (χ1) is 17.5. The standard InChI is InChI=1S/C29H26Cl2N4O/c1-19-5-8-26(31)14-24(19)18-35-12-11-32-28-27(35)15-23(17-33-28)21-3-2-4-22(13-21)29(36)34-16-20-6-9-25(30)10-7-20/h2-10,13-15,17H,11-12,16,18H2,1H3,(H,32,33)(H,34,36). The Labute approximate surface area is 221 Å². The number of carbonyl (C=O) groups is 1. The maximum absolute atomic E-state index is 12.8. The van der Waals surface area contributed by atoms with E-state index < -0.39 is 0 Å². The summed E-state index contributed by atoms with van der Waals surface area (Å²) in [6.45, 7) is 4.97. The molecule has 2 heterocycles. The second-order valence-corrected chi connectivity index (χ2v) is 9.77. The van der Waals surface area contributed by atoms with Crippen LogP contribution in [0.3, 0.4) is 0 Å². The fourth-order valence-corrected chi connectivity index (χ4v) is 4.65. The van der Waals surface area contributed by atoms with Gasteiger partial charge in [-0.1, -0.05) is 53.5 Å². The largest absolute Gasteiger partial charge is 0.367 e. The summed E-state index contributed by atoms with van der Waals surface area (Å²) in [6, 6.07) is 23.2. The van der Waals surface area contributed by atoms with Gasteiger partial charge in [-0.2, -0.15) is 0 Å². The van der Waals surface area contributed by atoms with Crippen molar-refractivity contribution in [3.05, 3.63) is 111 Å². The lowest BCUT2D eigenvalue weighted by Gasteiger charge is -2.32. The molecule has 5 rings (SSSR count). The van der Waals surface area contributed by atoms with Crippen LogP contribution >= 0.6 is 23.2 Å². The highest BCUT2D eigenvalue weighted by Gasteiger charge is 2.20. The van der Waals surface area contributed by atoms with Gasteiger partial charge in [0.15, 0.2) is 0 Å². The molecule has 0 unspecified atom stereocenters. The second-order valence-electron chi connectivity index (χ2n) is 8.90. The van der Waals surface area contributed by atoms with Gasteiger partial charge in [0.25, 0.3) is 5.91 Å². The van der Waals surface area contributed by atoms with Crippen LogP contribution in [0, 0.1) is 6.92 Å². The van der Waals surface area contributed by atoms with Crippen LogP contribution in [0.15, 0.2) is 79.0 Å². The molecule has 36 heavy (non-hydrogen) atoms. The van der Waals surface area contributed by atoms with Gasteiger partial charge in [0, 0.05) is 53.5 Å². The molecule has 1 aromatic heterocycles. The Balaban J connectivity index is 1.36. The Kier molecular flexibility index (Phi) is 7.12. The molecule has 1 amide bonds. The van der Waals surface area contributed by atoms with Gasteiger partial charge in [0.2, 0.25) is 0 Å². The molecule has 0 aliphatic carbocycles. The molecule has 5 nitrogen and oxygen atoms in total. The van der Waals surface area contributed by atoms with Crippen LogP contribution in [0.2, 0.25) is 10.0 Å². The SMILES string of the molecule is Cc1ccc(Cl)cc1CN1CCNc2ncc(-c3cccc(C(=O)NCc4ccc(Cl)cc4)c3)cc21. The van der Waals surface area contributed by atoms with Crippen LogP contribution in [0.25, 0.3) is 11.1 Å². The molecule has 0 atom stereocenters. The number of pyridine rings is 1. The predicted molar refractivity (Wildman–Crippen MR) is 148 cm³/mol. The van der Waals surface area contributed by atoms with E-state index in [2.05, 4.69) is 34.6 Å². The van der Waals surface area contributed by atoms with E-state index in [9.17, 15) is 4.79 Å². The number of halogens is 2. The van der Waals surface area contributed by atoms with E-state index in [1.165, 1.54) is 11.1 Å². The maximum atomic E-state index is 12.8. The molecule has 0 fully saturated rings. The number of carbonyl (C=O) groups excluding carboxylic acids is 1. The Morgan fingerprint density at radius 3 is 2.64 bits per heavy atom. The molecule has 1 aliphatic heterocycles. The number of benzene rings is 3. The minimum atomic E-state index is -0.127. The van der Waals surface area contributed by atoms with Crippen LogP contribution in [0.5, 0.6) is 0 Å². The third-order valence-electron chi connectivity index (χ3n) is 6.38. The van der Waals surface area contributed by atoms with Crippen molar-refractivity contribution in [2.24, 2.45) is 0 Å². The van der Waals surface area contributed by atoms with E-state index in [0.717, 1.165) is 52.9 Å². The first-order valence-electron chi connectivity index (χ1n) is 11.8. The van der Waals surface area contributed by atoms with E-state index in [1.54, 1.807) is 0 Å². The van der Waals surface area contributed by atoms with Crippen molar-refractivity contribution in [2.75, 3.05) is 23.3 Å². The number of hydrogen-bond acceptors (Lipinski definition) is 4. The number of nitrogens with zero attached hydrogens (tertiary/aromatic N) is 2. The van der Waals surface area contributed by atoms with Crippen molar-refractivity contribution in [2.45, 2.75) is 20.0 Å². The zero-order chi connectivity index (χ0) is 25.1. The van der Waals surface area contributed by atoms with Gasteiger partial charge < -0.3 is 15.5 Å². The number of aryl methyl sites for hydroxylation is 1. The van der Waals surface area contributed by atoms with Gasteiger partial charge in [-0.05, 0) is 71.6 Å². The topological polar surface area (TPSA) is 57.3 Å². The number of fused-ring (bicyclic) bond motifs is 1. The molecule has 7 heteroatoms. The number of hydrogen-bond donors (Lipinski definition) is 2. The number of anilines is 2. The average Bonchev–Trinajstić information content (AvgIpc) is 2.90. The van der Waals surface area contributed by atoms with Crippen molar-refractivity contribution < 1.29 is 4.79 Å². The second kappa shape index (κ2) is 10.6. The summed E-state index contributed by atoms with van der Waals surface area (Å²) in [6.07, 6.45) is 1.85. The smallest absolute Gasteiger partial charge is 0.251 e. The minimum Gasteiger partial charge on any atom is -0.367 e. The van der Waals surface area contributed by atoms with Crippen molar-refractivity contribution in [1.82, 2.24) is 10.3 Å². The van der Waals surface area contributed by atoms with E-state index in [-0.39, 0.29) is 5.91 Å². The van der Waals surface area contributed by atoms with Gasteiger partial charge in [0.05, 0.1) is 5.69 Å². The average molecular weight is 517 g/mol. The number of amides is 1. The van der Waals surface area contributed by atoms with Gasteiger partial charge in [-0.3, -0.25) is 4.79 Å². The van der Waals surface area contributed by atoms with Crippen molar-refractivity contribution in [3.8, 4) is 11.1 Å². The molecule has 4 aromatic rings. The normalized spacial score (nSPS) is 12.6. The van der Waals surface area contributed by atoms with Gasteiger partial charge >= 0.3 is 0 Å². The lowest BCUT2D eigenvalue weighted by Crippen LogP contribution is -2.34. The number of aromatic nitrogens is 1. The summed E-state index contributed by atoms with van der Waals surface area (Å²) in [5.41, 5.74) is 6.93. The Hall–Kier alpha value is -3.54. The van der Waals surface area contributed by atoms with E-state index >= 15 is 0 Å². The van der Waals surface area contributed by atoms with E-state index in [1.807, 2.05) is 66.9 Å². The molecule has 0 saturated heterocycles. The molecule has 2 N–H and O–H groups in total. The highest BCUT2D eigenvalue weighted by Crippen LogP contribution is 2.33. The Morgan fingerprint density at radius 1 is 1.00 bits per heavy atom. The van der Waals surface area contributed by atoms with E-state index in [4.69, 9.17) is 28.2 Å². The molecule has 0 bridgehead atoms. The van der Waals surface area contributed by atoms with E-state index in [0.29, 0.717) is 17.1 Å². The molecule has 0 radical (unpaired) electrons. The first-order valence-corrected chi connectivity index (χ1v) is 12.6. The van der Waals surface area contributed by atoms with Crippen molar-refractivity contribution >= 4 is 40.6 Å². The van der Waals surface area contributed by atoms with Gasteiger partial charge in [-0.25, -0.2) is 4.98 Å². The fraction of sp³-hybridized carbons (Fsp3) is 0.172. The summed E-state index contributed by atoms with van der Waals surface area (Å²) in [5.74, 6) is 0.735. The van der Waals surface area contributed by atoms with Crippen LogP contribution < -0.4 is 15.5 Å². The molecule has 182 valence electrons. The van der Waals surface area contributed by atoms with Crippen LogP contribution in [-0.4, -0.2) is 24.0 Å². The Morgan fingerprint density at radius 2 is 1.81 bits per heavy atom. The lowest BCUT2D eigenvalue weighted by molar-refractivity contribution is 0.0951. The van der Waals surface area contributed by atoms with Crippen LogP contribution in [-0.2, 0) is 13.1 Å². The first kappa shape index (κ1) is 24.2. The third-order valence-corrected chi connectivity index (χ3v) is 6.87. The molecule has 0 spiro atoms. The van der Waals surface area contributed by atoms with Crippen molar-refractivity contribution in [3.63, 3.8) is 0 Å². The maximum Gasteiger partial charge on any atom is 0.251 e. The zero-order valence-corrected chi connectivity index (χ0v) is 21.4. The third kappa shape index (κ3) is 5.48. The minimum absolute atomic E-state index is 0.127. The molecule has 3 aromatic carbocycles. The fourth-order valence-electron chi connectivity index (χ4n) is 4.32. The Bertz CT molecular complexity index is 1410. The summed E-state index contributed by atoms with van der Waals surface area (Å²) in [7, 11) is 0. The van der Waals surface area contributed by atoms with Crippen LogP contribution in [0.1, 0.15) is 27.0 Å². The summed E-state index contributed by atoms with van der Waals surface area (Å²) >= 11 is 12.2. The number of rotatable bonds is 6. The van der Waals surface area contributed by atoms with Gasteiger partial charge in [0.1, 0.15) is 5.82 Å². The molecular weight excluding hydrogens is 491 g/mol.